The van der Waals surface area contributed by atoms with Crippen LogP contribution in [-0.4, -0.2) is 5.11 Å². The van der Waals surface area contributed by atoms with E-state index in [1.807, 2.05) is 30.3 Å². The quantitative estimate of drug-likeness (QED) is 0.543. The Morgan fingerprint density at radius 1 is 1.24 bits per heavy atom. The number of rotatable bonds is 7. The number of hydrogen-bond donors (Lipinski definition) is 1. The zero-order valence-corrected chi connectivity index (χ0v) is 10.7. The first-order valence-corrected chi connectivity index (χ1v) is 6.41. The second-order valence-corrected chi connectivity index (χ2v) is 4.33. The standard InChI is InChI=1S/C16H22O/c1-3-5-6-8-11-14(4-2)16(17)15-12-9-7-10-13-15/h7,9-10,12-13,16-17H,2-3,5-6,8,11H2,1H3. The van der Waals surface area contributed by atoms with Crippen molar-refractivity contribution in [3.8, 4) is 0 Å². The highest BCUT2D eigenvalue weighted by molar-refractivity contribution is 5.25. The van der Waals surface area contributed by atoms with Gasteiger partial charge in [-0.25, -0.2) is 0 Å². The molecule has 0 aromatic heterocycles. The Kier molecular flexibility index (Phi) is 6.39. The van der Waals surface area contributed by atoms with Crippen molar-refractivity contribution in [3.05, 3.63) is 53.8 Å². The van der Waals surface area contributed by atoms with E-state index in [2.05, 4.69) is 19.2 Å². The summed E-state index contributed by atoms with van der Waals surface area (Å²) >= 11 is 0. The van der Waals surface area contributed by atoms with E-state index >= 15 is 0 Å². The predicted octanol–water partition coefficient (Wildman–Crippen LogP) is 4.40. The Balaban J connectivity index is 2.54. The molecule has 0 amide bonds. The summed E-state index contributed by atoms with van der Waals surface area (Å²) in [4.78, 5) is 0. The third kappa shape index (κ3) is 4.60. The fourth-order valence-corrected chi connectivity index (χ4v) is 1.90. The zero-order valence-electron chi connectivity index (χ0n) is 10.7. The van der Waals surface area contributed by atoms with Crippen molar-refractivity contribution < 1.29 is 5.11 Å². The molecule has 1 nitrogen and oxygen atoms in total. The van der Waals surface area contributed by atoms with Crippen LogP contribution in [0.4, 0.5) is 0 Å². The lowest BCUT2D eigenvalue weighted by molar-refractivity contribution is 0.210. The lowest BCUT2D eigenvalue weighted by atomic mass is 9.97. The number of unbranched alkanes of at least 4 members (excludes halogenated alkanes) is 3. The molecule has 17 heavy (non-hydrogen) atoms. The van der Waals surface area contributed by atoms with Crippen LogP contribution in [0.15, 0.2) is 48.2 Å². The van der Waals surface area contributed by atoms with Gasteiger partial charge in [-0.2, -0.15) is 0 Å². The molecule has 92 valence electrons. The molecule has 0 saturated carbocycles. The Labute approximate surface area is 104 Å². The Bertz CT molecular complexity index is 360. The maximum atomic E-state index is 10.2. The maximum Gasteiger partial charge on any atom is 0.107 e. The molecule has 0 bridgehead atoms. The summed E-state index contributed by atoms with van der Waals surface area (Å²) < 4.78 is 0. The Morgan fingerprint density at radius 2 is 1.94 bits per heavy atom. The van der Waals surface area contributed by atoms with Crippen LogP contribution in [0.1, 0.15) is 50.7 Å². The molecule has 1 heteroatoms. The first-order chi connectivity index (χ1) is 8.29. The van der Waals surface area contributed by atoms with E-state index in [4.69, 9.17) is 0 Å². The number of hydrogen-bond acceptors (Lipinski definition) is 1. The molecule has 0 saturated heterocycles. The average Bonchev–Trinajstić information content (AvgIpc) is 2.39. The van der Waals surface area contributed by atoms with Gasteiger partial charge >= 0.3 is 0 Å². The monoisotopic (exact) mass is 230 g/mol. The van der Waals surface area contributed by atoms with Crippen LogP contribution < -0.4 is 0 Å². The minimum absolute atomic E-state index is 0.546. The second-order valence-electron chi connectivity index (χ2n) is 4.33. The summed E-state index contributed by atoms with van der Waals surface area (Å²) in [6, 6.07) is 9.71. The highest BCUT2D eigenvalue weighted by Gasteiger charge is 2.11. The number of benzene rings is 1. The molecule has 0 aliphatic heterocycles. The third-order valence-corrected chi connectivity index (χ3v) is 2.97. The predicted molar refractivity (Wildman–Crippen MR) is 72.8 cm³/mol. The van der Waals surface area contributed by atoms with Gasteiger partial charge in [-0.3, -0.25) is 0 Å². The van der Waals surface area contributed by atoms with E-state index in [-0.39, 0.29) is 0 Å². The van der Waals surface area contributed by atoms with Gasteiger partial charge in [-0.15, -0.1) is 5.73 Å². The summed E-state index contributed by atoms with van der Waals surface area (Å²) in [7, 11) is 0. The maximum absolute atomic E-state index is 10.2. The van der Waals surface area contributed by atoms with Crippen molar-refractivity contribution >= 4 is 0 Å². The highest BCUT2D eigenvalue weighted by Crippen LogP contribution is 2.24. The minimum Gasteiger partial charge on any atom is -0.383 e. The molecule has 0 aliphatic rings. The smallest absolute Gasteiger partial charge is 0.107 e. The van der Waals surface area contributed by atoms with E-state index in [1.54, 1.807) is 0 Å². The largest absolute Gasteiger partial charge is 0.383 e. The van der Waals surface area contributed by atoms with Crippen molar-refractivity contribution in [1.29, 1.82) is 0 Å². The molecule has 0 fully saturated rings. The molecule has 0 radical (unpaired) electrons. The van der Waals surface area contributed by atoms with Crippen molar-refractivity contribution in [2.45, 2.75) is 45.1 Å². The van der Waals surface area contributed by atoms with Gasteiger partial charge in [0.05, 0.1) is 0 Å². The van der Waals surface area contributed by atoms with Crippen molar-refractivity contribution in [2.24, 2.45) is 0 Å². The molecular weight excluding hydrogens is 208 g/mol. The molecule has 1 atom stereocenters. The van der Waals surface area contributed by atoms with Gasteiger partial charge in [0.1, 0.15) is 6.10 Å². The molecule has 1 aromatic carbocycles. The SMILES string of the molecule is C=C=C(CCCCCC)C(O)c1ccccc1. The van der Waals surface area contributed by atoms with Gasteiger partial charge in [0, 0.05) is 5.57 Å². The van der Waals surface area contributed by atoms with Crippen LogP contribution in [-0.2, 0) is 0 Å². The van der Waals surface area contributed by atoms with E-state index in [9.17, 15) is 5.11 Å². The highest BCUT2D eigenvalue weighted by atomic mass is 16.3. The summed E-state index contributed by atoms with van der Waals surface area (Å²) in [5.74, 6) is 0. The van der Waals surface area contributed by atoms with Crippen LogP contribution in [0.2, 0.25) is 0 Å². The van der Waals surface area contributed by atoms with Crippen LogP contribution in [0, 0.1) is 0 Å². The molecule has 1 unspecified atom stereocenters. The van der Waals surface area contributed by atoms with Crippen molar-refractivity contribution in [3.63, 3.8) is 0 Å². The topological polar surface area (TPSA) is 20.2 Å². The third-order valence-electron chi connectivity index (χ3n) is 2.97. The molecule has 1 aromatic rings. The molecule has 0 aliphatic carbocycles. The summed E-state index contributed by atoms with van der Waals surface area (Å²) in [5, 5.41) is 10.2. The van der Waals surface area contributed by atoms with Gasteiger partial charge in [0.25, 0.3) is 0 Å². The number of aliphatic hydroxyl groups excluding tert-OH is 1. The second kappa shape index (κ2) is 7.89. The molecule has 0 spiro atoms. The summed E-state index contributed by atoms with van der Waals surface area (Å²) in [6.45, 7) is 5.88. The fraction of sp³-hybridized carbons (Fsp3) is 0.438. The van der Waals surface area contributed by atoms with E-state index in [0.29, 0.717) is 0 Å². The molecular formula is C16H22O. The first kappa shape index (κ1) is 13.8. The molecule has 0 heterocycles. The number of aliphatic hydroxyl groups is 1. The van der Waals surface area contributed by atoms with E-state index in [0.717, 1.165) is 24.0 Å². The normalized spacial score (nSPS) is 11.9. The van der Waals surface area contributed by atoms with Gasteiger partial charge in [0.15, 0.2) is 0 Å². The fourth-order valence-electron chi connectivity index (χ4n) is 1.90. The average molecular weight is 230 g/mol. The first-order valence-electron chi connectivity index (χ1n) is 6.41. The van der Waals surface area contributed by atoms with Gasteiger partial charge in [0.2, 0.25) is 0 Å². The zero-order chi connectivity index (χ0) is 12.5. The van der Waals surface area contributed by atoms with Crippen LogP contribution in [0.3, 0.4) is 0 Å². The van der Waals surface area contributed by atoms with Crippen LogP contribution >= 0.6 is 0 Å². The van der Waals surface area contributed by atoms with Gasteiger partial charge in [-0.1, -0.05) is 63.1 Å². The molecule has 1 rings (SSSR count). The Hall–Kier alpha value is -1.30. The molecule has 1 N–H and O–H groups in total. The lowest BCUT2D eigenvalue weighted by Crippen LogP contribution is -2.01. The van der Waals surface area contributed by atoms with Gasteiger partial charge < -0.3 is 5.11 Å². The van der Waals surface area contributed by atoms with Gasteiger partial charge in [-0.05, 0) is 18.4 Å². The Morgan fingerprint density at radius 3 is 2.53 bits per heavy atom. The summed E-state index contributed by atoms with van der Waals surface area (Å²) in [5.41, 5.74) is 4.73. The minimum atomic E-state index is -0.546. The van der Waals surface area contributed by atoms with Crippen LogP contribution in [0.25, 0.3) is 0 Å². The van der Waals surface area contributed by atoms with E-state index in [1.165, 1.54) is 19.3 Å². The van der Waals surface area contributed by atoms with E-state index < -0.39 is 6.10 Å². The lowest BCUT2D eigenvalue weighted by Gasteiger charge is -2.13. The van der Waals surface area contributed by atoms with Crippen molar-refractivity contribution in [1.82, 2.24) is 0 Å². The van der Waals surface area contributed by atoms with Crippen molar-refractivity contribution in [2.75, 3.05) is 0 Å². The summed E-state index contributed by atoms with van der Waals surface area (Å²) in [6.07, 6.45) is 5.15. The van der Waals surface area contributed by atoms with Crippen LogP contribution in [0.5, 0.6) is 0 Å².